The lowest BCUT2D eigenvalue weighted by Crippen LogP contribution is -3.00. The summed E-state index contributed by atoms with van der Waals surface area (Å²) in [6.45, 7) is 0.115. The third kappa shape index (κ3) is 3.52. The highest BCUT2D eigenvalue weighted by atomic mass is 127. The zero-order valence-electron chi connectivity index (χ0n) is 5.94. The van der Waals surface area contributed by atoms with E-state index in [2.05, 4.69) is 0 Å². The number of hydrogen-bond acceptors (Lipinski definition) is 2. The van der Waals surface area contributed by atoms with Gasteiger partial charge in [0.25, 0.3) is 0 Å². The molecule has 11 heavy (non-hydrogen) atoms. The minimum Gasteiger partial charge on any atom is -1.00 e. The number of rotatable bonds is 2. The Morgan fingerprint density at radius 1 is 1.45 bits per heavy atom. The first kappa shape index (κ1) is 10.6. The lowest BCUT2D eigenvalue weighted by molar-refractivity contribution is -0.905. The van der Waals surface area contributed by atoms with Crippen LogP contribution >= 0.6 is 0 Å². The fourth-order valence-electron chi connectivity index (χ4n) is 0.788. The van der Waals surface area contributed by atoms with Crippen molar-refractivity contribution in [2.75, 3.05) is 6.61 Å². The molecule has 1 aromatic rings. The largest absolute Gasteiger partial charge is 1.00 e. The molecular formula is C7H10INO2. The normalized spacial score (nSPS) is 8.82. The van der Waals surface area contributed by atoms with E-state index >= 15 is 0 Å². The first-order chi connectivity index (χ1) is 4.83. The third-order valence-corrected chi connectivity index (χ3v) is 1.25. The quantitative estimate of drug-likeness (QED) is 0.336. The van der Waals surface area contributed by atoms with Crippen molar-refractivity contribution in [1.82, 2.24) is 0 Å². The van der Waals surface area contributed by atoms with Crippen LogP contribution in [0.25, 0.3) is 0 Å². The number of hydrogen-bond donors (Lipinski definition) is 2. The summed E-state index contributed by atoms with van der Waals surface area (Å²) in [5.41, 5.74) is 0.924. The van der Waals surface area contributed by atoms with Gasteiger partial charge in [-0.2, -0.15) is 0 Å². The van der Waals surface area contributed by atoms with E-state index in [9.17, 15) is 0 Å². The van der Waals surface area contributed by atoms with Gasteiger partial charge in [0.1, 0.15) is 0 Å². The first-order valence-electron chi connectivity index (χ1n) is 3.13. The number of aliphatic hydroxyl groups is 1. The summed E-state index contributed by atoms with van der Waals surface area (Å²) in [5, 5.41) is 17.4. The minimum atomic E-state index is 0. The molecule has 2 N–H and O–H groups in total. The molecule has 0 saturated heterocycles. The lowest BCUT2D eigenvalue weighted by atomic mass is 10.2. The van der Waals surface area contributed by atoms with Gasteiger partial charge < -0.3 is 29.1 Å². The van der Waals surface area contributed by atoms with Crippen molar-refractivity contribution in [3.05, 3.63) is 30.1 Å². The van der Waals surface area contributed by atoms with Gasteiger partial charge in [0.15, 0.2) is 0 Å². The maximum absolute atomic E-state index is 8.87. The predicted octanol–water partition coefficient (Wildman–Crippen LogP) is -3.25. The topological polar surface area (TPSA) is 44.3 Å². The molecule has 0 saturated carbocycles. The molecule has 62 valence electrons. The molecule has 1 aromatic heterocycles. The van der Waals surface area contributed by atoms with Crippen molar-refractivity contribution < 1.29 is 39.0 Å². The maximum atomic E-state index is 8.87. The standard InChI is InChI=1S/C7H10NO2.HI/c9-5-3-7-2-1-4-8(10)6-7;/h1-2,4,6,9-10H,3,5H2;1H/q+1;/p-1. The Morgan fingerprint density at radius 3 is 2.73 bits per heavy atom. The van der Waals surface area contributed by atoms with Gasteiger partial charge >= 0.3 is 0 Å². The van der Waals surface area contributed by atoms with E-state index in [4.69, 9.17) is 10.3 Å². The molecule has 1 rings (SSSR count). The molecule has 0 aliphatic rings. The summed E-state index contributed by atoms with van der Waals surface area (Å²) in [4.78, 5) is 0. The SMILES string of the molecule is OCCc1ccc[n+](O)c1.[I-]. The molecule has 1 heterocycles. The van der Waals surface area contributed by atoms with Crippen LogP contribution in [0.1, 0.15) is 5.56 Å². The van der Waals surface area contributed by atoms with Crippen molar-refractivity contribution in [2.24, 2.45) is 0 Å². The van der Waals surface area contributed by atoms with E-state index < -0.39 is 0 Å². The smallest absolute Gasteiger partial charge is 0.225 e. The highest BCUT2D eigenvalue weighted by Gasteiger charge is 1.97. The van der Waals surface area contributed by atoms with Gasteiger partial charge in [-0.3, -0.25) is 5.21 Å². The molecular weight excluding hydrogens is 257 g/mol. The number of halogens is 1. The summed E-state index contributed by atoms with van der Waals surface area (Å²) in [6, 6.07) is 3.58. The summed E-state index contributed by atoms with van der Waals surface area (Å²) in [7, 11) is 0. The summed E-state index contributed by atoms with van der Waals surface area (Å²) >= 11 is 0. The van der Waals surface area contributed by atoms with Crippen LogP contribution in [0.4, 0.5) is 0 Å². The fraction of sp³-hybridized carbons (Fsp3) is 0.286. The highest BCUT2D eigenvalue weighted by molar-refractivity contribution is 5.04. The zero-order valence-corrected chi connectivity index (χ0v) is 8.10. The van der Waals surface area contributed by atoms with E-state index in [0.29, 0.717) is 6.42 Å². The van der Waals surface area contributed by atoms with Crippen molar-refractivity contribution in [2.45, 2.75) is 6.42 Å². The Bertz CT molecular complexity index is 217. The Hall–Kier alpha value is -0.360. The van der Waals surface area contributed by atoms with Crippen molar-refractivity contribution >= 4 is 0 Å². The van der Waals surface area contributed by atoms with Crippen LogP contribution in [0.5, 0.6) is 0 Å². The highest BCUT2D eigenvalue weighted by Crippen LogP contribution is 1.93. The van der Waals surface area contributed by atoms with Gasteiger partial charge in [-0.1, -0.05) is 0 Å². The van der Waals surface area contributed by atoms with E-state index in [1.54, 1.807) is 12.3 Å². The number of nitrogens with zero attached hydrogens (tertiary/aromatic N) is 1. The van der Waals surface area contributed by atoms with Gasteiger partial charge in [0, 0.05) is 29.4 Å². The number of aliphatic hydroxyl groups excluding tert-OH is 1. The average Bonchev–Trinajstić information content (AvgIpc) is 1.88. The fourth-order valence-corrected chi connectivity index (χ4v) is 0.788. The Kier molecular flexibility index (Phi) is 5.14. The maximum Gasteiger partial charge on any atom is 0.225 e. The van der Waals surface area contributed by atoms with Gasteiger partial charge in [-0.25, -0.2) is 0 Å². The minimum absolute atomic E-state index is 0. The van der Waals surface area contributed by atoms with Crippen LogP contribution in [0, 0.1) is 0 Å². The monoisotopic (exact) mass is 267 g/mol. The van der Waals surface area contributed by atoms with Crippen LogP contribution < -0.4 is 28.7 Å². The summed E-state index contributed by atoms with van der Waals surface area (Å²) in [6.07, 6.45) is 3.68. The van der Waals surface area contributed by atoms with Crippen LogP contribution in [-0.2, 0) is 6.42 Å². The molecule has 0 aliphatic carbocycles. The van der Waals surface area contributed by atoms with Gasteiger partial charge in [-0.15, -0.1) is 0 Å². The second kappa shape index (κ2) is 5.31. The molecule has 0 radical (unpaired) electrons. The van der Waals surface area contributed by atoms with Gasteiger partial charge in [-0.05, 0) is 6.07 Å². The Morgan fingerprint density at radius 2 is 2.18 bits per heavy atom. The Balaban J connectivity index is 0.000001000. The van der Waals surface area contributed by atoms with Gasteiger partial charge in [0.05, 0.1) is 0 Å². The van der Waals surface area contributed by atoms with E-state index in [1.165, 1.54) is 6.20 Å². The molecule has 0 fully saturated rings. The second-order valence-corrected chi connectivity index (χ2v) is 2.07. The van der Waals surface area contributed by atoms with E-state index in [-0.39, 0.29) is 30.6 Å². The van der Waals surface area contributed by atoms with Gasteiger partial charge in [0.2, 0.25) is 12.4 Å². The molecule has 0 amide bonds. The average molecular weight is 267 g/mol. The summed E-state index contributed by atoms with van der Waals surface area (Å²) in [5.74, 6) is 0. The van der Waals surface area contributed by atoms with Crippen LogP contribution in [0.3, 0.4) is 0 Å². The zero-order chi connectivity index (χ0) is 7.40. The molecule has 0 unspecified atom stereocenters. The molecule has 3 nitrogen and oxygen atoms in total. The van der Waals surface area contributed by atoms with Crippen molar-refractivity contribution in [1.29, 1.82) is 0 Å². The second-order valence-electron chi connectivity index (χ2n) is 2.07. The van der Waals surface area contributed by atoms with Crippen LogP contribution in [0.2, 0.25) is 0 Å². The Labute approximate surface area is 82.3 Å². The molecule has 0 aliphatic heterocycles. The van der Waals surface area contributed by atoms with Crippen molar-refractivity contribution in [3.8, 4) is 0 Å². The van der Waals surface area contributed by atoms with Crippen LogP contribution in [0.15, 0.2) is 24.5 Å². The van der Waals surface area contributed by atoms with Crippen LogP contribution in [-0.4, -0.2) is 16.9 Å². The molecule has 0 atom stereocenters. The van der Waals surface area contributed by atoms with E-state index in [1.807, 2.05) is 6.07 Å². The van der Waals surface area contributed by atoms with E-state index in [0.717, 1.165) is 10.3 Å². The first-order valence-corrected chi connectivity index (χ1v) is 3.13. The molecule has 4 heteroatoms. The number of pyridine rings is 1. The third-order valence-electron chi connectivity index (χ3n) is 1.25. The number of aromatic nitrogens is 1. The molecule has 0 aromatic carbocycles. The predicted molar refractivity (Wildman–Crippen MR) is 34.6 cm³/mol. The van der Waals surface area contributed by atoms with Crippen molar-refractivity contribution in [3.63, 3.8) is 0 Å². The molecule has 0 bridgehead atoms. The summed E-state index contributed by atoms with van der Waals surface area (Å²) < 4.78 is 0.977. The molecule has 0 spiro atoms. The lowest BCUT2D eigenvalue weighted by Gasteiger charge is -1.91.